The van der Waals surface area contributed by atoms with E-state index in [1.165, 1.54) is 0 Å². The van der Waals surface area contributed by atoms with Crippen molar-refractivity contribution in [2.45, 2.75) is 6.92 Å². The number of pyridine rings is 2. The number of aryl methyl sites for hydroxylation is 1. The van der Waals surface area contributed by atoms with Crippen molar-refractivity contribution < 1.29 is 0 Å². The molecule has 2 heterocycles. The van der Waals surface area contributed by atoms with Crippen molar-refractivity contribution in [2.24, 2.45) is 0 Å². The van der Waals surface area contributed by atoms with Crippen molar-refractivity contribution in [3.8, 4) is 0 Å². The van der Waals surface area contributed by atoms with E-state index in [1.807, 2.05) is 13.0 Å². The molecule has 0 aliphatic rings. The van der Waals surface area contributed by atoms with E-state index in [2.05, 4.69) is 25.9 Å². The Kier molecular flexibility index (Phi) is 1.92. The second-order valence-corrected chi connectivity index (χ2v) is 3.69. The summed E-state index contributed by atoms with van der Waals surface area (Å²) >= 11 is 3.37. The minimum absolute atomic E-state index is 0.106. The van der Waals surface area contributed by atoms with Crippen LogP contribution in [-0.2, 0) is 0 Å². The summed E-state index contributed by atoms with van der Waals surface area (Å²) in [4.78, 5) is 18.0. The molecule has 2 aromatic heterocycles. The Balaban J connectivity index is 3.01. The van der Waals surface area contributed by atoms with Crippen LogP contribution in [0.25, 0.3) is 10.8 Å². The Morgan fingerprint density at radius 1 is 1.46 bits per heavy atom. The maximum absolute atomic E-state index is 11.3. The second kappa shape index (κ2) is 2.96. The van der Waals surface area contributed by atoms with Gasteiger partial charge in [-0.05, 0) is 28.9 Å². The van der Waals surface area contributed by atoms with Crippen molar-refractivity contribution in [1.29, 1.82) is 0 Å². The first-order valence-corrected chi connectivity index (χ1v) is 4.61. The third-order valence-electron chi connectivity index (χ3n) is 1.87. The van der Waals surface area contributed by atoms with E-state index in [1.54, 1.807) is 12.4 Å². The van der Waals surface area contributed by atoms with Gasteiger partial charge < -0.3 is 4.98 Å². The lowest BCUT2D eigenvalue weighted by Crippen LogP contribution is -2.05. The van der Waals surface area contributed by atoms with Crippen molar-refractivity contribution >= 4 is 26.7 Å². The number of fused-ring (bicyclic) bond motifs is 1. The van der Waals surface area contributed by atoms with E-state index >= 15 is 0 Å². The van der Waals surface area contributed by atoms with Crippen LogP contribution in [0.4, 0.5) is 0 Å². The average molecular weight is 239 g/mol. The lowest BCUT2D eigenvalue weighted by molar-refractivity contribution is 1.20. The number of rotatable bonds is 0. The van der Waals surface area contributed by atoms with E-state index < -0.39 is 0 Å². The van der Waals surface area contributed by atoms with Gasteiger partial charge in [0.05, 0.1) is 5.39 Å². The molecular weight excluding hydrogens is 232 g/mol. The van der Waals surface area contributed by atoms with Gasteiger partial charge in [0.25, 0.3) is 5.56 Å². The first-order valence-electron chi connectivity index (χ1n) is 3.82. The minimum atomic E-state index is -0.106. The fraction of sp³-hybridized carbons (Fsp3) is 0.111. The van der Waals surface area contributed by atoms with E-state index in [4.69, 9.17) is 0 Å². The predicted molar refractivity (Wildman–Crippen MR) is 54.8 cm³/mol. The fourth-order valence-electron chi connectivity index (χ4n) is 1.22. The summed E-state index contributed by atoms with van der Waals surface area (Å²) in [6.45, 7) is 1.90. The van der Waals surface area contributed by atoms with Crippen molar-refractivity contribution in [1.82, 2.24) is 9.97 Å². The van der Waals surface area contributed by atoms with Crippen molar-refractivity contribution in [3.05, 3.63) is 39.0 Å². The lowest BCUT2D eigenvalue weighted by Gasteiger charge is -1.99. The van der Waals surface area contributed by atoms with Gasteiger partial charge in [0.15, 0.2) is 0 Å². The summed E-state index contributed by atoms with van der Waals surface area (Å²) < 4.78 is 0.882. The van der Waals surface area contributed by atoms with Crippen LogP contribution in [0.3, 0.4) is 0 Å². The number of nitrogens with one attached hydrogen (secondary N) is 1. The van der Waals surface area contributed by atoms with Gasteiger partial charge in [-0.25, -0.2) is 0 Å². The standard InChI is InChI=1S/C9H7BrN2O/c1-5-2-6-7(3-11-5)9(13)12-4-8(6)10/h2-4H,1H3,(H,12,13). The predicted octanol–water partition coefficient (Wildman–Crippen LogP) is 1.99. The van der Waals surface area contributed by atoms with Crippen LogP contribution in [0.2, 0.25) is 0 Å². The molecule has 0 aliphatic carbocycles. The molecule has 2 aromatic rings. The molecule has 0 saturated heterocycles. The van der Waals surface area contributed by atoms with Crippen molar-refractivity contribution in [2.75, 3.05) is 0 Å². The van der Waals surface area contributed by atoms with Gasteiger partial charge >= 0.3 is 0 Å². The summed E-state index contributed by atoms with van der Waals surface area (Å²) in [7, 11) is 0. The highest BCUT2D eigenvalue weighted by Crippen LogP contribution is 2.19. The van der Waals surface area contributed by atoms with Gasteiger partial charge in [-0.15, -0.1) is 0 Å². The molecule has 13 heavy (non-hydrogen) atoms. The molecule has 0 atom stereocenters. The molecule has 4 heteroatoms. The van der Waals surface area contributed by atoms with Crippen LogP contribution >= 0.6 is 15.9 Å². The van der Waals surface area contributed by atoms with E-state index in [0.29, 0.717) is 5.39 Å². The molecule has 0 amide bonds. The monoisotopic (exact) mass is 238 g/mol. The molecule has 66 valence electrons. The molecule has 0 aliphatic heterocycles. The average Bonchev–Trinajstić information content (AvgIpc) is 2.12. The molecule has 0 unspecified atom stereocenters. The minimum Gasteiger partial charge on any atom is -0.327 e. The van der Waals surface area contributed by atoms with Crippen molar-refractivity contribution in [3.63, 3.8) is 0 Å². The maximum atomic E-state index is 11.3. The Morgan fingerprint density at radius 3 is 3.00 bits per heavy atom. The van der Waals surface area contributed by atoms with E-state index in [-0.39, 0.29) is 5.56 Å². The van der Waals surface area contributed by atoms with Crippen LogP contribution in [0, 0.1) is 6.92 Å². The van der Waals surface area contributed by atoms with Crippen LogP contribution < -0.4 is 5.56 Å². The van der Waals surface area contributed by atoms with E-state index in [0.717, 1.165) is 15.6 Å². The topological polar surface area (TPSA) is 45.8 Å². The molecule has 0 saturated carbocycles. The molecule has 0 bridgehead atoms. The van der Waals surface area contributed by atoms with Crippen LogP contribution in [0.15, 0.2) is 27.7 Å². The lowest BCUT2D eigenvalue weighted by atomic mass is 10.2. The normalized spacial score (nSPS) is 10.6. The molecule has 3 nitrogen and oxygen atoms in total. The van der Waals surface area contributed by atoms with E-state index in [9.17, 15) is 4.79 Å². The number of nitrogens with zero attached hydrogens (tertiary/aromatic N) is 1. The third kappa shape index (κ3) is 1.37. The second-order valence-electron chi connectivity index (χ2n) is 2.84. The summed E-state index contributed by atoms with van der Waals surface area (Å²) in [6, 6.07) is 1.88. The molecule has 0 radical (unpaired) electrons. The van der Waals surface area contributed by atoms with Gasteiger partial charge in [0, 0.05) is 27.9 Å². The highest BCUT2D eigenvalue weighted by Gasteiger charge is 2.02. The van der Waals surface area contributed by atoms with Gasteiger partial charge in [-0.3, -0.25) is 9.78 Å². The summed E-state index contributed by atoms with van der Waals surface area (Å²) in [5.41, 5.74) is 0.796. The highest BCUT2D eigenvalue weighted by molar-refractivity contribution is 9.10. The van der Waals surface area contributed by atoms with Crippen LogP contribution in [-0.4, -0.2) is 9.97 Å². The number of aromatic amines is 1. The highest BCUT2D eigenvalue weighted by atomic mass is 79.9. The summed E-state index contributed by atoms with van der Waals surface area (Å²) in [5.74, 6) is 0. The molecular formula is C9H7BrN2O. The Bertz CT molecular complexity index is 518. The quantitative estimate of drug-likeness (QED) is 0.764. The van der Waals surface area contributed by atoms with Gasteiger partial charge in [-0.2, -0.15) is 0 Å². The van der Waals surface area contributed by atoms with Gasteiger partial charge in [0.1, 0.15) is 0 Å². The maximum Gasteiger partial charge on any atom is 0.257 e. The number of aromatic nitrogens is 2. The number of hydrogen-bond acceptors (Lipinski definition) is 2. The number of H-pyrrole nitrogens is 1. The smallest absolute Gasteiger partial charge is 0.257 e. The first kappa shape index (κ1) is 8.44. The Hall–Kier alpha value is -1.16. The third-order valence-corrected chi connectivity index (χ3v) is 2.53. The van der Waals surface area contributed by atoms with Crippen LogP contribution in [0.5, 0.6) is 0 Å². The zero-order valence-corrected chi connectivity index (χ0v) is 8.55. The number of hydrogen-bond donors (Lipinski definition) is 1. The van der Waals surface area contributed by atoms with Gasteiger partial charge in [-0.1, -0.05) is 0 Å². The first-order chi connectivity index (χ1) is 6.18. The Labute approximate surface area is 82.9 Å². The fourth-order valence-corrected chi connectivity index (χ4v) is 1.67. The molecule has 0 aromatic carbocycles. The SMILES string of the molecule is Cc1cc2c(Br)c[nH]c(=O)c2cn1. The molecule has 1 N–H and O–H groups in total. The molecule has 2 rings (SSSR count). The summed E-state index contributed by atoms with van der Waals surface area (Å²) in [5, 5.41) is 1.51. The molecule has 0 fully saturated rings. The Morgan fingerprint density at radius 2 is 2.23 bits per heavy atom. The zero-order valence-electron chi connectivity index (χ0n) is 6.97. The molecule has 0 spiro atoms. The van der Waals surface area contributed by atoms with Gasteiger partial charge in [0.2, 0.25) is 0 Å². The largest absolute Gasteiger partial charge is 0.327 e. The summed E-state index contributed by atoms with van der Waals surface area (Å²) in [6.07, 6.45) is 3.23. The van der Waals surface area contributed by atoms with Crippen LogP contribution in [0.1, 0.15) is 5.69 Å². The zero-order chi connectivity index (χ0) is 9.42. The number of halogens is 1.